The molecule has 0 unspecified atom stereocenters. The van der Waals surface area contributed by atoms with Gasteiger partial charge in [-0.3, -0.25) is 14.2 Å². The largest absolute Gasteiger partial charge is 0.491 e. The molecule has 0 saturated carbocycles. The highest BCUT2D eigenvalue weighted by molar-refractivity contribution is 14.1. The Bertz CT molecular complexity index is 1130. The molecule has 0 aliphatic carbocycles. The van der Waals surface area contributed by atoms with Crippen molar-refractivity contribution < 1.29 is 18.7 Å². The number of benzene rings is 2. The molecular weight excluding hydrogens is 522 g/mol. The molecule has 0 atom stereocenters. The van der Waals surface area contributed by atoms with Gasteiger partial charge in [-0.25, -0.2) is 4.39 Å². The predicted octanol–water partition coefficient (Wildman–Crippen LogP) is 5.11. The van der Waals surface area contributed by atoms with E-state index in [0.29, 0.717) is 28.8 Å². The molecule has 158 valence electrons. The zero-order valence-electron chi connectivity index (χ0n) is 16.8. The number of carbonyl (C=O) groups excluding carboxylic acids is 2. The summed E-state index contributed by atoms with van der Waals surface area (Å²) in [7, 11) is 0. The number of fused-ring (bicyclic) bond motifs is 1. The summed E-state index contributed by atoms with van der Waals surface area (Å²) in [6.45, 7) is 6.04. The van der Waals surface area contributed by atoms with Gasteiger partial charge in [0.2, 0.25) is 5.91 Å². The maximum atomic E-state index is 14.9. The second-order valence-electron chi connectivity index (χ2n) is 6.67. The normalized spacial score (nSPS) is 11.0. The van der Waals surface area contributed by atoms with Crippen molar-refractivity contribution in [2.24, 2.45) is 0 Å². The van der Waals surface area contributed by atoms with Gasteiger partial charge >= 0.3 is 0 Å². The van der Waals surface area contributed by atoms with Crippen LogP contribution in [0.4, 0.5) is 4.39 Å². The van der Waals surface area contributed by atoms with Crippen LogP contribution in [-0.4, -0.2) is 29.5 Å². The summed E-state index contributed by atoms with van der Waals surface area (Å²) in [5.41, 5.74) is 1.82. The lowest BCUT2D eigenvalue weighted by Gasteiger charge is -2.11. The number of hydrogen-bond donors (Lipinski definition) is 1. The van der Waals surface area contributed by atoms with Crippen molar-refractivity contribution >= 4 is 56.9 Å². The molecule has 0 saturated heterocycles. The molecule has 2 aromatic carbocycles. The molecule has 0 radical (unpaired) electrons. The minimum Gasteiger partial charge on any atom is -0.491 e. The zero-order chi connectivity index (χ0) is 22.0. The third kappa shape index (κ3) is 4.18. The Balaban J connectivity index is 2.29. The first-order valence-corrected chi connectivity index (χ1v) is 11.0. The number of aromatic nitrogens is 1. The second kappa shape index (κ2) is 9.34. The van der Waals surface area contributed by atoms with Crippen LogP contribution in [0.2, 0.25) is 5.02 Å². The highest BCUT2D eigenvalue weighted by Gasteiger charge is 2.26. The summed E-state index contributed by atoms with van der Waals surface area (Å²) in [6.07, 6.45) is 0.0384. The number of hydrogen-bond acceptors (Lipinski definition) is 3. The fourth-order valence-corrected chi connectivity index (χ4v) is 4.06. The van der Waals surface area contributed by atoms with Crippen LogP contribution in [0.25, 0.3) is 10.9 Å². The van der Waals surface area contributed by atoms with E-state index in [0.717, 1.165) is 3.57 Å². The molecule has 8 heteroatoms. The molecule has 1 aromatic heterocycles. The second-order valence-corrected chi connectivity index (χ2v) is 8.30. The van der Waals surface area contributed by atoms with Crippen molar-refractivity contribution in [3.8, 4) is 5.75 Å². The third-order valence-electron chi connectivity index (χ3n) is 4.77. The van der Waals surface area contributed by atoms with Crippen LogP contribution in [-0.2, 0) is 11.2 Å². The Morgan fingerprint density at radius 3 is 2.50 bits per heavy atom. The van der Waals surface area contributed by atoms with Crippen molar-refractivity contribution in [1.29, 1.82) is 0 Å². The number of nitrogens with zero attached hydrogens (tertiary/aromatic N) is 1. The average Bonchev–Trinajstić information content (AvgIpc) is 2.98. The van der Waals surface area contributed by atoms with Crippen molar-refractivity contribution in [2.45, 2.75) is 27.2 Å². The van der Waals surface area contributed by atoms with Gasteiger partial charge < -0.3 is 10.1 Å². The monoisotopic (exact) mass is 542 g/mol. The third-order valence-corrected chi connectivity index (χ3v) is 5.84. The van der Waals surface area contributed by atoms with E-state index in [-0.39, 0.29) is 41.1 Å². The quantitative estimate of drug-likeness (QED) is 0.440. The predicted molar refractivity (Wildman–Crippen MR) is 124 cm³/mol. The van der Waals surface area contributed by atoms with E-state index >= 15 is 0 Å². The number of amides is 1. The SMILES string of the molecule is CCNC(=O)Cc1c(C)n(C(=O)c2ccc(I)cc2)c2c(Cl)c(F)c(OCC)cc12. The van der Waals surface area contributed by atoms with E-state index in [1.807, 2.05) is 19.1 Å². The number of halogens is 3. The maximum absolute atomic E-state index is 14.9. The number of carbonyl (C=O) groups is 2. The number of ether oxygens (including phenoxy) is 1. The molecule has 1 heterocycles. The summed E-state index contributed by atoms with van der Waals surface area (Å²) in [5.74, 6) is -1.28. The van der Waals surface area contributed by atoms with Gasteiger partial charge in [-0.2, -0.15) is 0 Å². The molecule has 5 nitrogen and oxygen atoms in total. The van der Waals surface area contributed by atoms with E-state index in [1.54, 1.807) is 26.0 Å². The summed E-state index contributed by atoms with van der Waals surface area (Å²) < 4.78 is 22.6. The molecule has 0 bridgehead atoms. The Kier molecular flexibility index (Phi) is 7.02. The fourth-order valence-electron chi connectivity index (χ4n) is 3.42. The first-order valence-electron chi connectivity index (χ1n) is 9.51. The Hall–Kier alpha value is -2.13. The van der Waals surface area contributed by atoms with Gasteiger partial charge in [-0.15, -0.1) is 0 Å². The van der Waals surface area contributed by atoms with Crippen LogP contribution in [0.3, 0.4) is 0 Å². The molecule has 30 heavy (non-hydrogen) atoms. The smallest absolute Gasteiger partial charge is 0.262 e. The summed E-state index contributed by atoms with van der Waals surface area (Å²) in [6, 6.07) is 8.56. The lowest BCUT2D eigenvalue weighted by atomic mass is 10.1. The summed E-state index contributed by atoms with van der Waals surface area (Å²) >= 11 is 8.54. The van der Waals surface area contributed by atoms with Crippen LogP contribution in [0, 0.1) is 16.3 Å². The zero-order valence-corrected chi connectivity index (χ0v) is 19.7. The number of likely N-dealkylation sites (N-methyl/N-ethyl adjacent to an activating group) is 1. The Labute approximate surface area is 192 Å². The van der Waals surface area contributed by atoms with Crippen molar-refractivity contribution in [3.05, 3.63) is 61.6 Å². The highest BCUT2D eigenvalue weighted by Crippen LogP contribution is 2.38. The van der Waals surface area contributed by atoms with E-state index in [9.17, 15) is 14.0 Å². The first kappa shape index (κ1) is 22.6. The van der Waals surface area contributed by atoms with E-state index < -0.39 is 5.82 Å². The summed E-state index contributed by atoms with van der Waals surface area (Å²) in [4.78, 5) is 25.7. The Morgan fingerprint density at radius 1 is 1.23 bits per heavy atom. The van der Waals surface area contributed by atoms with Gasteiger partial charge in [0.05, 0.1) is 18.5 Å². The molecule has 0 spiro atoms. The molecule has 0 aliphatic rings. The molecule has 0 fully saturated rings. The average molecular weight is 543 g/mol. The van der Waals surface area contributed by atoms with Crippen LogP contribution in [0.15, 0.2) is 30.3 Å². The molecule has 1 amide bonds. The number of nitrogens with one attached hydrogen (secondary N) is 1. The maximum Gasteiger partial charge on any atom is 0.262 e. The van der Waals surface area contributed by atoms with E-state index in [1.165, 1.54) is 10.6 Å². The topological polar surface area (TPSA) is 60.3 Å². The lowest BCUT2D eigenvalue weighted by Crippen LogP contribution is -2.24. The van der Waals surface area contributed by atoms with Gasteiger partial charge in [0.25, 0.3) is 5.91 Å². The lowest BCUT2D eigenvalue weighted by molar-refractivity contribution is -0.120. The fraction of sp³-hybridized carbons (Fsp3) is 0.273. The van der Waals surface area contributed by atoms with Crippen molar-refractivity contribution in [3.63, 3.8) is 0 Å². The van der Waals surface area contributed by atoms with Crippen molar-refractivity contribution in [1.82, 2.24) is 9.88 Å². The van der Waals surface area contributed by atoms with Crippen molar-refractivity contribution in [2.75, 3.05) is 13.2 Å². The van der Waals surface area contributed by atoms with Crippen LogP contribution < -0.4 is 10.1 Å². The molecule has 3 aromatic rings. The molecule has 1 N–H and O–H groups in total. The van der Waals surface area contributed by atoms with Crippen LogP contribution in [0.5, 0.6) is 5.75 Å². The van der Waals surface area contributed by atoms with Gasteiger partial charge in [0.15, 0.2) is 11.6 Å². The molecule has 3 rings (SSSR count). The number of rotatable bonds is 6. The highest BCUT2D eigenvalue weighted by atomic mass is 127. The van der Waals surface area contributed by atoms with Gasteiger partial charge in [-0.05, 0) is 79.3 Å². The van der Waals surface area contributed by atoms with Crippen LogP contribution >= 0.6 is 34.2 Å². The standard InChI is InChI=1S/C22H21ClFIN2O3/c1-4-26-18(28)11-15-12(3)27(22(29)13-6-8-14(25)9-7-13)21-16(15)10-17(30-5-2)20(24)19(21)23/h6-10H,4-5,11H2,1-3H3,(H,26,28). The van der Waals surface area contributed by atoms with Gasteiger partial charge in [-0.1, -0.05) is 11.6 Å². The molecular formula is C22H21ClFIN2O3. The van der Waals surface area contributed by atoms with E-state index in [4.69, 9.17) is 16.3 Å². The minimum atomic E-state index is -0.732. The van der Waals surface area contributed by atoms with E-state index in [2.05, 4.69) is 27.9 Å². The molecule has 0 aliphatic heterocycles. The Morgan fingerprint density at radius 2 is 1.90 bits per heavy atom. The van der Waals surface area contributed by atoms with Crippen LogP contribution in [0.1, 0.15) is 35.5 Å². The summed E-state index contributed by atoms with van der Waals surface area (Å²) in [5, 5.41) is 3.07. The van der Waals surface area contributed by atoms with Gasteiger partial charge in [0, 0.05) is 26.8 Å². The van der Waals surface area contributed by atoms with Gasteiger partial charge in [0.1, 0.15) is 5.02 Å². The first-order chi connectivity index (χ1) is 14.3. The minimum absolute atomic E-state index is 0.00832.